The van der Waals surface area contributed by atoms with Gasteiger partial charge < -0.3 is 9.84 Å². The Labute approximate surface area is 99.4 Å². The Morgan fingerprint density at radius 2 is 2.00 bits per heavy atom. The van der Waals surface area contributed by atoms with E-state index in [1.54, 1.807) is 7.11 Å². The molecule has 0 aliphatic carbocycles. The maximum absolute atomic E-state index is 9.32. The molecule has 0 amide bonds. The first-order valence-corrected chi connectivity index (χ1v) is 5.67. The van der Waals surface area contributed by atoms with Crippen LogP contribution in [0.4, 0.5) is 0 Å². The number of hydrogen-bond donors (Lipinski definition) is 1. The third kappa shape index (κ3) is 2.52. The molecule has 0 saturated carbocycles. The first-order valence-electron chi connectivity index (χ1n) is 4.88. The summed E-state index contributed by atoms with van der Waals surface area (Å²) < 4.78 is 6.31. The fourth-order valence-corrected chi connectivity index (χ4v) is 1.79. The van der Waals surface area contributed by atoms with Crippen molar-refractivity contribution in [1.29, 1.82) is 0 Å². The van der Waals surface area contributed by atoms with Crippen molar-refractivity contribution >= 4 is 15.9 Å². The molecule has 0 heterocycles. The molecule has 0 radical (unpaired) electrons. The van der Waals surface area contributed by atoms with E-state index in [1.165, 1.54) is 0 Å². The molecule has 0 aliphatic rings. The number of hydrogen-bond acceptors (Lipinski definition) is 2. The molecule has 0 atom stereocenters. The Kier molecular flexibility index (Phi) is 3.79. The molecule has 3 heteroatoms. The minimum absolute atomic E-state index is 0.117. The highest BCUT2D eigenvalue weighted by molar-refractivity contribution is 9.10. The van der Waals surface area contributed by atoms with E-state index in [0.29, 0.717) is 0 Å². The molecule has 1 rings (SSSR count). The van der Waals surface area contributed by atoms with Gasteiger partial charge in [-0.2, -0.15) is 0 Å². The third-order valence-corrected chi connectivity index (χ3v) is 3.52. The van der Waals surface area contributed by atoms with Gasteiger partial charge in [0.1, 0.15) is 5.75 Å². The van der Waals surface area contributed by atoms with Crippen LogP contribution in [0.25, 0.3) is 0 Å². The SMILES string of the molecule is COc1cc(C(C)(C)CO)cc(Br)c1C. The molecule has 0 unspecified atom stereocenters. The van der Waals surface area contributed by atoms with Gasteiger partial charge >= 0.3 is 0 Å². The standard InChI is InChI=1S/C12H17BrO2/c1-8-10(13)5-9(6-11(8)15-4)12(2,3)7-14/h5-6,14H,7H2,1-4H3. The van der Waals surface area contributed by atoms with Crippen LogP contribution in [0.15, 0.2) is 16.6 Å². The van der Waals surface area contributed by atoms with Crippen LogP contribution in [0.2, 0.25) is 0 Å². The lowest BCUT2D eigenvalue weighted by atomic mass is 9.85. The minimum Gasteiger partial charge on any atom is -0.496 e. The molecule has 1 N–H and O–H groups in total. The second-order valence-corrected chi connectivity index (χ2v) is 5.18. The molecule has 84 valence electrons. The van der Waals surface area contributed by atoms with E-state index in [4.69, 9.17) is 4.74 Å². The van der Waals surface area contributed by atoms with E-state index in [-0.39, 0.29) is 12.0 Å². The molecule has 0 spiro atoms. The van der Waals surface area contributed by atoms with Crippen molar-refractivity contribution in [2.45, 2.75) is 26.2 Å². The summed E-state index contributed by atoms with van der Waals surface area (Å²) in [7, 11) is 1.66. The number of methoxy groups -OCH3 is 1. The number of aliphatic hydroxyl groups is 1. The Morgan fingerprint density at radius 1 is 1.40 bits per heavy atom. The quantitative estimate of drug-likeness (QED) is 0.917. The summed E-state index contributed by atoms with van der Waals surface area (Å²) in [5.41, 5.74) is 1.90. The lowest BCUT2D eigenvalue weighted by Crippen LogP contribution is -2.22. The van der Waals surface area contributed by atoms with Gasteiger partial charge in [0.15, 0.2) is 0 Å². The molecule has 2 nitrogen and oxygen atoms in total. The Bertz CT molecular complexity index is 359. The van der Waals surface area contributed by atoms with Gasteiger partial charge in [-0.25, -0.2) is 0 Å². The van der Waals surface area contributed by atoms with Crippen LogP contribution in [-0.2, 0) is 5.41 Å². The topological polar surface area (TPSA) is 29.5 Å². The van der Waals surface area contributed by atoms with E-state index in [1.807, 2.05) is 32.9 Å². The lowest BCUT2D eigenvalue weighted by Gasteiger charge is -2.24. The predicted octanol–water partition coefficient (Wildman–Crippen LogP) is 3.04. The first-order chi connectivity index (χ1) is 6.92. The van der Waals surface area contributed by atoms with Crippen molar-refractivity contribution in [3.05, 3.63) is 27.7 Å². The highest BCUT2D eigenvalue weighted by atomic mass is 79.9. The highest BCUT2D eigenvalue weighted by Gasteiger charge is 2.21. The van der Waals surface area contributed by atoms with Crippen molar-refractivity contribution in [2.24, 2.45) is 0 Å². The third-order valence-electron chi connectivity index (χ3n) is 2.69. The maximum Gasteiger partial charge on any atom is 0.123 e. The molecular formula is C12H17BrO2. The number of ether oxygens (including phenoxy) is 1. The van der Waals surface area contributed by atoms with Gasteiger partial charge in [-0.1, -0.05) is 29.8 Å². The maximum atomic E-state index is 9.32. The molecule has 0 bridgehead atoms. The van der Waals surface area contributed by atoms with Gasteiger partial charge in [-0.3, -0.25) is 0 Å². The van der Waals surface area contributed by atoms with Crippen LogP contribution >= 0.6 is 15.9 Å². The van der Waals surface area contributed by atoms with E-state index < -0.39 is 0 Å². The zero-order valence-corrected chi connectivity index (χ0v) is 11.2. The van der Waals surface area contributed by atoms with Crippen LogP contribution in [-0.4, -0.2) is 18.8 Å². The summed E-state index contributed by atoms with van der Waals surface area (Å²) in [6.45, 7) is 6.12. The number of benzene rings is 1. The monoisotopic (exact) mass is 272 g/mol. The summed E-state index contributed by atoms with van der Waals surface area (Å²) in [6, 6.07) is 4.02. The number of rotatable bonds is 3. The predicted molar refractivity (Wildman–Crippen MR) is 65.5 cm³/mol. The minimum atomic E-state index is -0.247. The zero-order valence-electron chi connectivity index (χ0n) is 9.60. The van der Waals surface area contributed by atoms with Gasteiger partial charge in [-0.05, 0) is 24.6 Å². The largest absolute Gasteiger partial charge is 0.496 e. The van der Waals surface area contributed by atoms with Gasteiger partial charge in [0.05, 0.1) is 13.7 Å². The van der Waals surface area contributed by atoms with Gasteiger partial charge in [0.25, 0.3) is 0 Å². The van der Waals surface area contributed by atoms with Gasteiger partial charge in [-0.15, -0.1) is 0 Å². The summed E-state index contributed by atoms with van der Waals surface area (Å²) in [5.74, 6) is 0.848. The van der Waals surface area contributed by atoms with E-state index in [2.05, 4.69) is 15.9 Å². The van der Waals surface area contributed by atoms with Crippen LogP contribution in [0.3, 0.4) is 0 Å². The van der Waals surface area contributed by atoms with Crippen molar-refractivity contribution in [2.75, 3.05) is 13.7 Å². The Morgan fingerprint density at radius 3 is 2.47 bits per heavy atom. The van der Waals surface area contributed by atoms with Crippen LogP contribution in [0.5, 0.6) is 5.75 Å². The molecule has 0 saturated heterocycles. The summed E-state index contributed by atoms with van der Waals surface area (Å²) >= 11 is 3.50. The van der Waals surface area contributed by atoms with Crippen LogP contribution in [0, 0.1) is 6.92 Å². The summed E-state index contributed by atoms with van der Waals surface area (Å²) in [6.07, 6.45) is 0. The summed E-state index contributed by atoms with van der Waals surface area (Å²) in [5, 5.41) is 9.32. The van der Waals surface area contributed by atoms with E-state index in [9.17, 15) is 5.11 Å². The molecule has 0 fully saturated rings. The lowest BCUT2D eigenvalue weighted by molar-refractivity contribution is 0.218. The first kappa shape index (κ1) is 12.5. The second kappa shape index (κ2) is 4.54. The molecular weight excluding hydrogens is 256 g/mol. The molecule has 1 aromatic carbocycles. The van der Waals surface area contributed by atoms with Crippen molar-refractivity contribution in [3.63, 3.8) is 0 Å². The van der Waals surface area contributed by atoms with Crippen molar-refractivity contribution in [3.8, 4) is 5.75 Å². The average molecular weight is 273 g/mol. The molecule has 0 aliphatic heterocycles. The van der Waals surface area contributed by atoms with Crippen molar-refractivity contribution in [1.82, 2.24) is 0 Å². The number of aliphatic hydroxyl groups excluding tert-OH is 1. The zero-order chi connectivity index (χ0) is 11.6. The van der Waals surface area contributed by atoms with E-state index in [0.717, 1.165) is 21.3 Å². The molecule has 15 heavy (non-hydrogen) atoms. The Balaban J connectivity index is 3.28. The molecule has 0 aromatic heterocycles. The Hall–Kier alpha value is -0.540. The average Bonchev–Trinajstić information content (AvgIpc) is 2.21. The van der Waals surface area contributed by atoms with Crippen LogP contribution < -0.4 is 4.74 Å². The molecule has 1 aromatic rings. The normalized spacial score (nSPS) is 11.6. The second-order valence-electron chi connectivity index (χ2n) is 4.33. The van der Waals surface area contributed by atoms with Gasteiger partial charge in [0.2, 0.25) is 0 Å². The smallest absolute Gasteiger partial charge is 0.123 e. The fourth-order valence-electron chi connectivity index (χ4n) is 1.35. The number of halogens is 1. The van der Waals surface area contributed by atoms with Crippen LogP contribution in [0.1, 0.15) is 25.0 Å². The fraction of sp³-hybridized carbons (Fsp3) is 0.500. The van der Waals surface area contributed by atoms with E-state index >= 15 is 0 Å². The highest BCUT2D eigenvalue weighted by Crippen LogP contribution is 2.33. The van der Waals surface area contributed by atoms with Crippen molar-refractivity contribution < 1.29 is 9.84 Å². The summed E-state index contributed by atoms with van der Waals surface area (Å²) in [4.78, 5) is 0. The van der Waals surface area contributed by atoms with Gasteiger partial charge in [0, 0.05) is 15.5 Å².